The first-order valence-electron chi connectivity index (χ1n) is 4.75. The molecule has 0 saturated carbocycles. The second-order valence-electron chi connectivity index (χ2n) is 3.11. The van der Waals surface area contributed by atoms with E-state index >= 15 is 0 Å². The maximum Gasteiger partial charge on any atom is 0.286 e. The summed E-state index contributed by atoms with van der Waals surface area (Å²) in [4.78, 5) is 4.19. The first-order chi connectivity index (χ1) is 7.79. The normalized spacial score (nSPS) is 10.8. The molecule has 4 heteroatoms. The Morgan fingerprint density at radius 3 is 2.75 bits per heavy atom. The Labute approximate surface area is 92.8 Å². The van der Waals surface area contributed by atoms with Crippen LogP contribution in [0.3, 0.4) is 0 Å². The third-order valence-corrected chi connectivity index (χ3v) is 2.02. The molecule has 0 saturated heterocycles. The van der Waals surface area contributed by atoms with Gasteiger partial charge in [0.25, 0.3) is 5.95 Å². The fourth-order valence-corrected chi connectivity index (χ4v) is 1.27. The van der Waals surface area contributed by atoms with Crippen LogP contribution in [-0.2, 0) is 0 Å². The van der Waals surface area contributed by atoms with Crippen LogP contribution in [0.2, 0.25) is 0 Å². The molecule has 1 aromatic carbocycles. The maximum atomic E-state index is 9.15. The predicted molar refractivity (Wildman–Crippen MR) is 60.6 cm³/mol. The first-order valence-corrected chi connectivity index (χ1v) is 4.75. The lowest BCUT2D eigenvalue weighted by molar-refractivity contribution is 0.329. The van der Waals surface area contributed by atoms with Gasteiger partial charge in [0.2, 0.25) is 0 Å². The molecule has 16 heavy (non-hydrogen) atoms. The van der Waals surface area contributed by atoms with E-state index in [1.807, 2.05) is 30.3 Å². The van der Waals surface area contributed by atoms with Crippen LogP contribution in [0.4, 0.5) is 5.69 Å². The highest BCUT2D eigenvalue weighted by molar-refractivity contribution is 5.82. The molecule has 4 nitrogen and oxygen atoms in total. The summed E-state index contributed by atoms with van der Waals surface area (Å²) in [5, 5.41) is 9.15. The Morgan fingerprint density at radius 1 is 1.31 bits per heavy atom. The van der Waals surface area contributed by atoms with Crippen LogP contribution < -0.4 is 4.74 Å². The number of furan rings is 1. The molecule has 1 heterocycles. The highest BCUT2D eigenvalue weighted by Crippen LogP contribution is 2.26. The van der Waals surface area contributed by atoms with Gasteiger partial charge in [-0.2, -0.15) is 0 Å². The van der Waals surface area contributed by atoms with E-state index < -0.39 is 0 Å². The van der Waals surface area contributed by atoms with Crippen molar-refractivity contribution < 1.29 is 14.3 Å². The summed E-state index contributed by atoms with van der Waals surface area (Å²) in [7, 11) is 1.50. The molecule has 82 valence electrons. The molecule has 0 spiro atoms. The van der Waals surface area contributed by atoms with Gasteiger partial charge in [-0.15, -0.1) is 0 Å². The van der Waals surface area contributed by atoms with E-state index in [-0.39, 0.29) is 5.95 Å². The second kappa shape index (κ2) is 4.53. The van der Waals surface area contributed by atoms with Gasteiger partial charge in [0, 0.05) is 0 Å². The Morgan fingerprint density at radius 2 is 2.06 bits per heavy atom. The summed E-state index contributed by atoms with van der Waals surface area (Å²) < 4.78 is 10.0. The standard InChI is InChI=1S/C12H11NO3/c1-15-10-7-12(14)16-11(10)8-13-9-5-3-2-4-6-9/h2-8,14H,1H3. The average molecular weight is 217 g/mol. The molecular weight excluding hydrogens is 206 g/mol. The predicted octanol–water partition coefficient (Wildman–Crippen LogP) is 2.74. The molecule has 0 fully saturated rings. The topological polar surface area (TPSA) is 55.0 Å². The van der Waals surface area contributed by atoms with Crippen molar-refractivity contribution in [2.24, 2.45) is 4.99 Å². The zero-order valence-electron chi connectivity index (χ0n) is 8.75. The number of benzene rings is 1. The van der Waals surface area contributed by atoms with Gasteiger partial charge in [-0.25, -0.2) is 0 Å². The quantitative estimate of drug-likeness (QED) is 0.804. The minimum absolute atomic E-state index is 0.189. The van der Waals surface area contributed by atoms with Crippen molar-refractivity contribution >= 4 is 11.9 Å². The van der Waals surface area contributed by atoms with Crippen LogP contribution in [0.5, 0.6) is 11.7 Å². The molecule has 1 aromatic heterocycles. The van der Waals surface area contributed by atoms with Crippen LogP contribution >= 0.6 is 0 Å². The van der Waals surface area contributed by atoms with E-state index in [0.29, 0.717) is 11.5 Å². The van der Waals surface area contributed by atoms with Crippen LogP contribution in [0.1, 0.15) is 5.76 Å². The molecule has 1 N–H and O–H groups in total. The fraction of sp³-hybridized carbons (Fsp3) is 0.0833. The average Bonchev–Trinajstić information content (AvgIpc) is 2.68. The summed E-state index contributed by atoms with van der Waals surface area (Å²) in [5.74, 6) is 0.660. The van der Waals surface area contributed by atoms with E-state index in [4.69, 9.17) is 14.3 Å². The number of rotatable bonds is 3. The van der Waals surface area contributed by atoms with Gasteiger partial charge < -0.3 is 14.3 Å². The Hall–Kier alpha value is -2.23. The van der Waals surface area contributed by atoms with Crippen molar-refractivity contribution in [3.8, 4) is 11.7 Å². The lowest BCUT2D eigenvalue weighted by atomic mass is 10.3. The monoisotopic (exact) mass is 217 g/mol. The number of para-hydroxylation sites is 1. The molecule has 0 radical (unpaired) electrons. The number of aromatic hydroxyl groups is 1. The van der Waals surface area contributed by atoms with E-state index in [9.17, 15) is 0 Å². The van der Waals surface area contributed by atoms with Crippen molar-refractivity contribution in [2.75, 3.05) is 7.11 Å². The highest BCUT2D eigenvalue weighted by Gasteiger charge is 2.08. The van der Waals surface area contributed by atoms with E-state index in [1.54, 1.807) is 0 Å². The summed E-state index contributed by atoms with van der Waals surface area (Å²) in [5.41, 5.74) is 0.806. The van der Waals surface area contributed by atoms with E-state index in [2.05, 4.69) is 4.99 Å². The van der Waals surface area contributed by atoms with Crippen molar-refractivity contribution in [3.63, 3.8) is 0 Å². The summed E-state index contributed by atoms with van der Waals surface area (Å²) in [6, 6.07) is 10.8. The number of methoxy groups -OCH3 is 1. The summed E-state index contributed by atoms with van der Waals surface area (Å²) >= 11 is 0. The lowest BCUT2D eigenvalue weighted by Gasteiger charge is -1.94. The molecule has 0 amide bonds. The summed E-state index contributed by atoms with van der Waals surface area (Å²) in [6.07, 6.45) is 1.51. The van der Waals surface area contributed by atoms with E-state index in [0.717, 1.165) is 5.69 Å². The number of hydrogen-bond donors (Lipinski definition) is 1. The second-order valence-corrected chi connectivity index (χ2v) is 3.11. The van der Waals surface area contributed by atoms with Gasteiger partial charge in [-0.1, -0.05) is 18.2 Å². The number of nitrogens with zero attached hydrogens (tertiary/aromatic N) is 1. The van der Waals surface area contributed by atoms with Gasteiger partial charge in [0.1, 0.15) is 0 Å². The smallest absolute Gasteiger partial charge is 0.286 e. The van der Waals surface area contributed by atoms with Crippen LogP contribution in [-0.4, -0.2) is 18.4 Å². The third kappa shape index (κ3) is 2.23. The van der Waals surface area contributed by atoms with Gasteiger partial charge in [-0.3, -0.25) is 4.99 Å². The number of aliphatic imine (C=N–C) groups is 1. The molecule has 0 aliphatic heterocycles. The molecule has 0 atom stereocenters. The lowest BCUT2D eigenvalue weighted by Crippen LogP contribution is -1.84. The number of hydrogen-bond acceptors (Lipinski definition) is 4. The van der Waals surface area contributed by atoms with Gasteiger partial charge in [0.05, 0.1) is 25.1 Å². The van der Waals surface area contributed by atoms with Crippen LogP contribution in [0, 0.1) is 0 Å². The Balaban J connectivity index is 2.23. The maximum absolute atomic E-state index is 9.15. The van der Waals surface area contributed by atoms with Gasteiger partial charge in [-0.05, 0) is 12.1 Å². The van der Waals surface area contributed by atoms with Crippen molar-refractivity contribution in [3.05, 3.63) is 42.2 Å². The highest BCUT2D eigenvalue weighted by atomic mass is 16.5. The SMILES string of the molecule is COc1cc(O)oc1C=Nc1ccccc1. The van der Waals surface area contributed by atoms with Crippen LogP contribution in [0.25, 0.3) is 0 Å². The molecule has 2 aromatic rings. The Kier molecular flexibility index (Phi) is 2.91. The minimum Gasteiger partial charge on any atom is -0.493 e. The molecule has 0 aliphatic carbocycles. The van der Waals surface area contributed by atoms with Crippen molar-refractivity contribution in [2.45, 2.75) is 0 Å². The van der Waals surface area contributed by atoms with Gasteiger partial charge in [0.15, 0.2) is 11.5 Å². The zero-order valence-corrected chi connectivity index (χ0v) is 8.75. The fourth-order valence-electron chi connectivity index (χ4n) is 1.27. The summed E-state index contributed by atoms with van der Waals surface area (Å²) in [6.45, 7) is 0. The number of ether oxygens (including phenoxy) is 1. The van der Waals surface area contributed by atoms with E-state index in [1.165, 1.54) is 19.4 Å². The largest absolute Gasteiger partial charge is 0.493 e. The van der Waals surface area contributed by atoms with Crippen LogP contribution in [0.15, 0.2) is 45.8 Å². The zero-order chi connectivity index (χ0) is 11.4. The first kappa shape index (κ1) is 10.3. The molecule has 0 aliphatic rings. The Bertz CT molecular complexity index is 488. The van der Waals surface area contributed by atoms with Crippen molar-refractivity contribution in [1.82, 2.24) is 0 Å². The third-order valence-electron chi connectivity index (χ3n) is 2.02. The minimum atomic E-state index is -0.189. The molecule has 2 rings (SSSR count). The van der Waals surface area contributed by atoms with Crippen molar-refractivity contribution in [1.29, 1.82) is 0 Å². The van der Waals surface area contributed by atoms with Gasteiger partial charge >= 0.3 is 0 Å². The molecular formula is C12H11NO3. The molecule has 0 unspecified atom stereocenters. The molecule has 0 bridgehead atoms.